The van der Waals surface area contributed by atoms with E-state index in [1.54, 1.807) is 22.6 Å². The maximum absolute atomic E-state index is 12.4. The van der Waals surface area contributed by atoms with Crippen molar-refractivity contribution < 1.29 is 9.59 Å². The third-order valence-corrected chi connectivity index (χ3v) is 6.41. The lowest BCUT2D eigenvalue weighted by molar-refractivity contribution is -0.134. The molecule has 29 heavy (non-hydrogen) atoms. The second-order valence-corrected chi connectivity index (χ2v) is 8.74. The van der Waals surface area contributed by atoms with Crippen LogP contribution in [0, 0.1) is 5.92 Å². The van der Waals surface area contributed by atoms with Crippen molar-refractivity contribution in [1.82, 2.24) is 14.7 Å². The van der Waals surface area contributed by atoms with Gasteiger partial charge in [-0.05, 0) is 56.2 Å². The number of hydrogen-bond acceptors (Lipinski definition) is 4. The Morgan fingerprint density at radius 3 is 2.62 bits per heavy atom. The second kappa shape index (κ2) is 10.7. The van der Waals surface area contributed by atoms with Crippen molar-refractivity contribution in [3.05, 3.63) is 41.7 Å². The molecule has 3 rings (SSSR count). The molecule has 0 spiro atoms. The first-order chi connectivity index (χ1) is 14.0. The molecule has 1 aromatic carbocycles. The van der Waals surface area contributed by atoms with Crippen molar-refractivity contribution in [3.8, 4) is 0 Å². The summed E-state index contributed by atoms with van der Waals surface area (Å²) in [7, 11) is 0. The summed E-state index contributed by atoms with van der Waals surface area (Å²) in [6.07, 6.45) is 6.31. The van der Waals surface area contributed by atoms with Gasteiger partial charge < -0.3 is 10.2 Å². The van der Waals surface area contributed by atoms with Crippen LogP contribution in [0.25, 0.3) is 0 Å². The predicted molar refractivity (Wildman–Crippen MR) is 117 cm³/mol. The molecule has 1 aliphatic rings. The number of rotatable bonds is 8. The van der Waals surface area contributed by atoms with Crippen LogP contribution in [0.1, 0.15) is 32.6 Å². The summed E-state index contributed by atoms with van der Waals surface area (Å²) in [5, 5.41) is 7.84. The van der Waals surface area contributed by atoms with Crippen molar-refractivity contribution in [1.29, 1.82) is 0 Å². The van der Waals surface area contributed by atoms with Crippen LogP contribution in [-0.4, -0.2) is 45.3 Å². The van der Waals surface area contributed by atoms with Gasteiger partial charge in [-0.2, -0.15) is 5.10 Å². The van der Waals surface area contributed by atoms with Gasteiger partial charge in [-0.25, -0.2) is 0 Å². The molecule has 2 aromatic rings. The zero-order valence-electron chi connectivity index (χ0n) is 16.6. The number of aryl methyl sites for hydroxylation is 1. The molecule has 0 saturated carbocycles. The number of halogens is 1. The van der Waals surface area contributed by atoms with Crippen LogP contribution in [0.5, 0.6) is 0 Å². The topological polar surface area (TPSA) is 67.2 Å². The Hall–Kier alpha value is -1.99. The average molecular weight is 435 g/mol. The molecular weight excluding hydrogens is 408 g/mol. The molecule has 8 heteroatoms. The largest absolute Gasteiger partial charge is 0.343 e. The van der Waals surface area contributed by atoms with Gasteiger partial charge in [0.25, 0.3) is 0 Å². The molecule has 156 valence electrons. The summed E-state index contributed by atoms with van der Waals surface area (Å²) >= 11 is 7.63. The van der Waals surface area contributed by atoms with E-state index in [0.29, 0.717) is 32.4 Å². The highest BCUT2D eigenvalue weighted by Gasteiger charge is 2.27. The minimum atomic E-state index is -0.0514. The van der Waals surface area contributed by atoms with Crippen LogP contribution in [0.15, 0.2) is 41.6 Å². The predicted octanol–water partition coefficient (Wildman–Crippen LogP) is 4.31. The lowest BCUT2D eigenvalue weighted by Crippen LogP contribution is -2.41. The first-order valence-electron chi connectivity index (χ1n) is 10.0. The minimum absolute atomic E-state index is 0.0205. The summed E-state index contributed by atoms with van der Waals surface area (Å²) in [4.78, 5) is 28.0. The van der Waals surface area contributed by atoms with Gasteiger partial charge in [0, 0.05) is 48.1 Å². The Kier molecular flexibility index (Phi) is 8.00. The normalized spacial score (nSPS) is 14.8. The monoisotopic (exact) mass is 434 g/mol. The molecule has 0 radical (unpaired) electrons. The van der Waals surface area contributed by atoms with Gasteiger partial charge in [-0.15, -0.1) is 11.8 Å². The number of carbonyl (C=O) groups is 2. The molecule has 1 aliphatic heterocycles. The fourth-order valence-corrected chi connectivity index (χ4v) is 4.32. The highest BCUT2D eigenvalue weighted by atomic mass is 35.5. The van der Waals surface area contributed by atoms with Crippen LogP contribution in [-0.2, 0) is 16.1 Å². The number of benzene rings is 1. The van der Waals surface area contributed by atoms with E-state index >= 15 is 0 Å². The molecule has 2 amide bonds. The number of thioether (sulfide) groups is 1. The number of anilines is 1. The van der Waals surface area contributed by atoms with Crippen LogP contribution >= 0.6 is 23.4 Å². The number of likely N-dealkylation sites (tertiary alicyclic amines) is 1. The summed E-state index contributed by atoms with van der Waals surface area (Å²) in [5.74, 6) is 1.05. The smallest absolute Gasteiger partial charge is 0.227 e. The van der Waals surface area contributed by atoms with Crippen molar-refractivity contribution >= 4 is 40.9 Å². The van der Waals surface area contributed by atoms with Gasteiger partial charge in [-0.3, -0.25) is 14.3 Å². The number of aromatic nitrogens is 2. The van der Waals surface area contributed by atoms with E-state index in [1.165, 1.54) is 0 Å². The molecule has 2 heterocycles. The Morgan fingerprint density at radius 2 is 1.97 bits per heavy atom. The summed E-state index contributed by atoms with van der Waals surface area (Å²) < 4.78 is 1.78. The molecule has 0 aliphatic carbocycles. The molecule has 1 aromatic heterocycles. The van der Waals surface area contributed by atoms with Gasteiger partial charge in [0.2, 0.25) is 11.8 Å². The Labute approximate surface area is 181 Å². The molecule has 0 bridgehead atoms. The van der Waals surface area contributed by atoms with Crippen LogP contribution < -0.4 is 5.32 Å². The lowest BCUT2D eigenvalue weighted by Gasteiger charge is -2.31. The van der Waals surface area contributed by atoms with Crippen LogP contribution in [0.2, 0.25) is 5.02 Å². The average Bonchev–Trinajstić information content (AvgIpc) is 3.20. The van der Waals surface area contributed by atoms with Crippen LogP contribution in [0.4, 0.5) is 5.69 Å². The van der Waals surface area contributed by atoms with E-state index in [4.69, 9.17) is 11.6 Å². The summed E-state index contributed by atoms with van der Waals surface area (Å²) in [6, 6.07) is 7.76. The maximum Gasteiger partial charge on any atom is 0.227 e. The Bertz CT molecular complexity index is 816. The standard InChI is InChI=1S/C21H27ClN4O2S/c1-2-26-15-18(14-23-26)24-21(28)16-9-11-25(12-10-16)20(27)4-3-13-29-19-7-5-17(22)6-8-19/h5-8,14-16H,2-4,9-13H2,1H3,(H,24,28). The second-order valence-electron chi connectivity index (χ2n) is 7.13. The molecule has 1 saturated heterocycles. The Morgan fingerprint density at radius 1 is 1.24 bits per heavy atom. The van der Waals surface area contributed by atoms with Gasteiger partial charge >= 0.3 is 0 Å². The van der Waals surface area contributed by atoms with Crippen molar-refractivity contribution in [2.45, 2.75) is 44.0 Å². The highest BCUT2D eigenvalue weighted by Crippen LogP contribution is 2.23. The third kappa shape index (κ3) is 6.51. The minimum Gasteiger partial charge on any atom is -0.343 e. The quantitative estimate of drug-likeness (QED) is 0.496. The summed E-state index contributed by atoms with van der Waals surface area (Å²) in [5.41, 5.74) is 0.730. The SMILES string of the molecule is CCn1cc(NC(=O)C2CCN(C(=O)CCCSc3ccc(Cl)cc3)CC2)cn1. The zero-order valence-corrected chi connectivity index (χ0v) is 18.2. The lowest BCUT2D eigenvalue weighted by atomic mass is 9.95. The van der Waals surface area contributed by atoms with Gasteiger partial charge in [0.05, 0.1) is 11.9 Å². The van der Waals surface area contributed by atoms with Gasteiger partial charge in [0.1, 0.15) is 0 Å². The van der Waals surface area contributed by atoms with E-state index in [0.717, 1.165) is 34.3 Å². The van der Waals surface area contributed by atoms with E-state index in [1.807, 2.05) is 42.3 Å². The molecule has 1 N–H and O–H groups in total. The van der Waals surface area contributed by atoms with Crippen molar-refractivity contribution in [3.63, 3.8) is 0 Å². The van der Waals surface area contributed by atoms with E-state index in [9.17, 15) is 9.59 Å². The van der Waals surface area contributed by atoms with Gasteiger partial charge in [0.15, 0.2) is 0 Å². The van der Waals surface area contributed by atoms with E-state index in [2.05, 4.69) is 10.4 Å². The van der Waals surface area contributed by atoms with E-state index < -0.39 is 0 Å². The van der Waals surface area contributed by atoms with Crippen molar-refractivity contribution in [2.75, 3.05) is 24.2 Å². The third-order valence-electron chi connectivity index (χ3n) is 5.06. The molecule has 1 fully saturated rings. The van der Waals surface area contributed by atoms with Gasteiger partial charge in [-0.1, -0.05) is 11.6 Å². The zero-order chi connectivity index (χ0) is 20.6. The van der Waals surface area contributed by atoms with Crippen molar-refractivity contribution in [2.24, 2.45) is 5.92 Å². The molecule has 0 atom stereocenters. The fraction of sp³-hybridized carbons (Fsp3) is 0.476. The highest BCUT2D eigenvalue weighted by molar-refractivity contribution is 7.99. The number of piperidine rings is 1. The van der Waals surface area contributed by atoms with E-state index in [-0.39, 0.29) is 17.7 Å². The molecule has 0 unspecified atom stereocenters. The molecular formula is C21H27ClN4O2S. The fourth-order valence-electron chi connectivity index (χ4n) is 3.34. The number of nitrogens with zero attached hydrogens (tertiary/aromatic N) is 3. The maximum atomic E-state index is 12.4. The first kappa shape index (κ1) is 21.7. The summed E-state index contributed by atoms with van der Waals surface area (Å²) in [6.45, 7) is 4.07. The van der Waals surface area contributed by atoms with Crippen LogP contribution in [0.3, 0.4) is 0 Å². The number of amides is 2. The first-order valence-corrected chi connectivity index (χ1v) is 11.4. The number of carbonyl (C=O) groups excluding carboxylic acids is 2. The Balaban J connectivity index is 1.34. The number of hydrogen-bond donors (Lipinski definition) is 1. The molecule has 6 nitrogen and oxygen atoms in total. The number of nitrogens with one attached hydrogen (secondary N) is 1.